The molecule has 3 rings (SSSR count). The minimum atomic E-state index is -0.538. The summed E-state index contributed by atoms with van der Waals surface area (Å²) in [6.45, 7) is 0. The monoisotopic (exact) mass is 314 g/mol. The molecule has 1 heterocycles. The molecular weight excluding hydrogens is 304 g/mol. The summed E-state index contributed by atoms with van der Waals surface area (Å²) in [6.07, 6.45) is 0.656. The van der Waals surface area contributed by atoms with E-state index in [-0.39, 0.29) is 5.52 Å². The van der Waals surface area contributed by atoms with E-state index in [1.807, 2.05) is 0 Å². The number of hydrogen-bond acceptors (Lipinski definition) is 4. The Morgan fingerprint density at radius 3 is 2.55 bits per heavy atom. The Hall–Kier alpha value is -2.66. The fraction of sp³-hybridized carbons (Fsp3) is 0.0625. The Bertz CT molecular complexity index is 917. The van der Waals surface area contributed by atoms with Crippen LogP contribution in [0.15, 0.2) is 41.2 Å². The first-order chi connectivity index (χ1) is 10.6. The fourth-order valence-electron chi connectivity index (χ4n) is 2.31. The zero-order chi connectivity index (χ0) is 15.7. The summed E-state index contributed by atoms with van der Waals surface area (Å²) < 4.78 is 5.12. The minimum absolute atomic E-state index is 0.289. The van der Waals surface area contributed by atoms with Gasteiger partial charge in [-0.3, -0.25) is 4.79 Å². The molecule has 22 heavy (non-hydrogen) atoms. The van der Waals surface area contributed by atoms with E-state index in [0.29, 0.717) is 33.7 Å². The molecule has 0 unspecified atom stereocenters. The lowest BCUT2D eigenvalue weighted by atomic mass is 10.0. The number of aldehydes is 1. The van der Waals surface area contributed by atoms with Gasteiger partial charge in [-0.05, 0) is 42.0 Å². The lowest BCUT2D eigenvalue weighted by molar-refractivity contribution is 0.112. The smallest absolute Gasteiger partial charge is 0.346 e. The highest BCUT2D eigenvalue weighted by Crippen LogP contribution is 2.32. The lowest BCUT2D eigenvalue weighted by Gasteiger charge is -2.09. The zero-order valence-corrected chi connectivity index (χ0v) is 12.3. The summed E-state index contributed by atoms with van der Waals surface area (Å²) in [5, 5.41) is 0.950. The first kappa shape index (κ1) is 14.3. The molecule has 1 aromatic heterocycles. The van der Waals surface area contributed by atoms with Gasteiger partial charge in [0.05, 0.1) is 23.3 Å². The van der Waals surface area contributed by atoms with Crippen molar-refractivity contribution < 1.29 is 9.53 Å². The van der Waals surface area contributed by atoms with Crippen LogP contribution in [-0.2, 0) is 0 Å². The van der Waals surface area contributed by atoms with Gasteiger partial charge < -0.3 is 9.72 Å². The van der Waals surface area contributed by atoms with Crippen LogP contribution in [0.3, 0.4) is 0 Å². The second kappa shape index (κ2) is 5.61. The maximum atomic E-state index is 11.8. The number of hydrogen-bond donors (Lipinski definition) is 1. The van der Waals surface area contributed by atoms with Gasteiger partial charge in [0.15, 0.2) is 6.29 Å². The number of nitrogens with zero attached hydrogens (tertiary/aromatic N) is 1. The SMILES string of the molecule is COc1ccc(-c2[nH]c(=O)nc3c(C=O)ccc(Cl)c23)cc1. The number of aromatic amines is 1. The van der Waals surface area contributed by atoms with Gasteiger partial charge in [0.25, 0.3) is 0 Å². The Labute approximate surface area is 130 Å². The highest BCUT2D eigenvalue weighted by atomic mass is 35.5. The van der Waals surface area contributed by atoms with E-state index < -0.39 is 5.69 Å². The number of fused-ring (bicyclic) bond motifs is 1. The van der Waals surface area contributed by atoms with Crippen LogP contribution in [0.25, 0.3) is 22.2 Å². The standard InChI is InChI=1S/C16H11ClN2O3/c1-22-11-5-2-9(3-6-11)14-13-12(17)7-4-10(8-20)15(13)19-16(21)18-14/h2-8H,1H3,(H,18,19,21). The first-order valence-electron chi connectivity index (χ1n) is 6.46. The van der Waals surface area contributed by atoms with E-state index in [2.05, 4.69) is 9.97 Å². The molecule has 0 saturated carbocycles. The van der Waals surface area contributed by atoms with Crippen molar-refractivity contribution in [3.63, 3.8) is 0 Å². The third-order valence-corrected chi connectivity index (χ3v) is 3.67. The van der Waals surface area contributed by atoms with Gasteiger partial charge in [0.2, 0.25) is 0 Å². The Morgan fingerprint density at radius 2 is 1.91 bits per heavy atom. The Kier molecular flexibility index (Phi) is 3.65. The van der Waals surface area contributed by atoms with Crippen LogP contribution >= 0.6 is 11.6 Å². The van der Waals surface area contributed by atoms with Gasteiger partial charge in [-0.25, -0.2) is 4.79 Å². The average molecular weight is 315 g/mol. The topological polar surface area (TPSA) is 72.1 Å². The van der Waals surface area contributed by atoms with Crippen LogP contribution in [0.2, 0.25) is 5.02 Å². The minimum Gasteiger partial charge on any atom is -0.497 e. The molecule has 2 aromatic carbocycles. The van der Waals surface area contributed by atoms with Crippen LogP contribution in [0.1, 0.15) is 10.4 Å². The quantitative estimate of drug-likeness (QED) is 0.754. The molecule has 0 saturated heterocycles. The molecule has 3 aromatic rings. The third-order valence-electron chi connectivity index (χ3n) is 3.36. The number of nitrogens with one attached hydrogen (secondary N) is 1. The van der Waals surface area contributed by atoms with E-state index in [9.17, 15) is 9.59 Å². The number of methoxy groups -OCH3 is 1. The van der Waals surface area contributed by atoms with Gasteiger partial charge in [0.1, 0.15) is 5.75 Å². The average Bonchev–Trinajstić information content (AvgIpc) is 2.54. The molecule has 0 fully saturated rings. The lowest BCUT2D eigenvalue weighted by Crippen LogP contribution is -2.12. The summed E-state index contributed by atoms with van der Waals surface area (Å²) in [5.74, 6) is 0.698. The van der Waals surface area contributed by atoms with Crippen molar-refractivity contribution in [3.05, 3.63) is 57.5 Å². The van der Waals surface area contributed by atoms with Crippen LogP contribution in [0.5, 0.6) is 5.75 Å². The van der Waals surface area contributed by atoms with Crippen molar-refractivity contribution in [2.75, 3.05) is 7.11 Å². The predicted molar refractivity (Wildman–Crippen MR) is 84.7 cm³/mol. The van der Waals surface area contributed by atoms with E-state index in [0.717, 1.165) is 5.56 Å². The number of H-pyrrole nitrogens is 1. The van der Waals surface area contributed by atoms with E-state index in [4.69, 9.17) is 16.3 Å². The highest BCUT2D eigenvalue weighted by molar-refractivity contribution is 6.36. The second-order valence-electron chi connectivity index (χ2n) is 4.62. The summed E-state index contributed by atoms with van der Waals surface area (Å²) in [4.78, 5) is 29.6. The molecule has 5 nitrogen and oxygen atoms in total. The number of halogens is 1. The highest BCUT2D eigenvalue weighted by Gasteiger charge is 2.13. The number of rotatable bonds is 3. The molecule has 0 aliphatic carbocycles. The second-order valence-corrected chi connectivity index (χ2v) is 5.03. The number of aromatic nitrogens is 2. The molecule has 0 aliphatic heterocycles. The van der Waals surface area contributed by atoms with Gasteiger partial charge in [-0.1, -0.05) is 11.6 Å². The summed E-state index contributed by atoms with van der Waals surface area (Å²) >= 11 is 6.25. The van der Waals surface area contributed by atoms with Crippen molar-refractivity contribution in [3.8, 4) is 17.0 Å². The fourth-order valence-corrected chi connectivity index (χ4v) is 2.56. The normalized spacial score (nSPS) is 10.6. The van der Waals surface area contributed by atoms with Gasteiger partial charge in [0, 0.05) is 10.9 Å². The van der Waals surface area contributed by atoms with Crippen molar-refractivity contribution >= 4 is 28.8 Å². The van der Waals surface area contributed by atoms with Crippen molar-refractivity contribution in [1.29, 1.82) is 0 Å². The van der Waals surface area contributed by atoms with Crippen LogP contribution in [0, 0.1) is 0 Å². The molecule has 0 aliphatic rings. The number of benzene rings is 2. The summed E-state index contributed by atoms with van der Waals surface area (Å²) in [6, 6.07) is 10.3. The molecule has 6 heteroatoms. The molecule has 0 atom stereocenters. The predicted octanol–water partition coefficient (Wildman–Crippen LogP) is 3.06. The molecule has 1 N–H and O–H groups in total. The summed E-state index contributed by atoms with van der Waals surface area (Å²) in [5.41, 5.74) is 1.34. The van der Waals surface area contributed by atoms with Crippen molar-refractivity contribution in [2.24, 2.45) is 0 Å². The van der Waals surface area contributed by atoms with Crippen molar-refractivity contribution in [2.45, 2.75) is 0 Å². The van der Waals surface area contributed by atoms with E-state index in [1.54, 1.807) is 43.5 Å². The number of ether oxygens (including phenoxy) is 1. The molecular formula is C16H11ClN2O3. The maximum Gasteiger partial charge on any atom is 0.346 e. The molecule has 0 spiro atoms. The van der Waals surface area contributed by atoms with Gasteiger partial charge in [-0.15, -0.1) is 0 Å². The molecule has 0 bridgehead atoms. The Balaban J connectivity index is 2.37. The van der Waals surface area contributed by atoms with Crippen LogP contribution < -0.4 is 10.4 Å². The molecule has 0 radical (unpaired) electrons. The maximum absolute atomic E-state index is 11.8. The summed E-state index contributed by atoms with van der Waals surface area (Å²) in [7, 11) is 1.58. The van der Waals surface area contributed by atoms with E-state index in [1.165, 1.54) is 0 Å². The Morgan fingerprint density at radius 1 is 1.18 bits per heavy atom. The first-order valence-corrected chi connectivity index (χ1v) is 6.84. The zero-order valence-electron chi connectivity index (χ0n) is 11.6. The van der Waals surface area contributed by atoms with Gasteiger partial charge in [-0.2, -0.15) is 4.98 Å². The molecule has 0 amide bonds. The largest absolute Gasteiger partial charge is 0.497 e. The van der Waals surface area contributed by atoms with Crippen molar-refractivity contribution in [1.82, 2.24) is 9.97 Å². The van der Waals surface area contributed by atoms with Gasteiger partial charge >= 0.3 is 5.69 Å². The number of carbonyl (C=O) groups excluding carboxylic acids is 1. The molecule has 110 valence electrons. The van der Waals surface area contributed by atoms with E-state index >= 15 is 0 Å². The van der Waals surface area contributed by atoms with Crippen LogP contribution in [0.4, 0.5) is 0 Å². The van der Waals surface area contributed by atoms with Crippen LogP contribution in [-0.4, -0.2) is 23.4 Å². The number of carbonyl (C=O) groups is 1. The third kappa shape index (κ3) is 2.35.